The molecule has 2 atom stereocenters. The second-order valence-electron chi connectivity index (χ2n) is 4.53. The standard InChI is InChI=1S/C11H21NO2S/c1-8(2)15-7-11(14)12-5-4-9(3)10(13)6-12/h8-10,13H,4-7H2,1-3H3. The summed E-state index contributed by atoms with van der Waals surface area (Å²) < 4.78 is 0. The van der Waals surface area contributed by atoms with E-state index in [4.69, 9.17) is 0 Å². The molecule has 0 aromatic carbocycles. The molecule has 0 bridgehead atoms. The molecule has 1 N–H and O–H groups in total. The van der Waals surface area contributed by atoms with Crippen LogP contribution >= 0.6 is 11.8 Å². The van der Waals surface area contributed by atoms with Crippen LogP contribution in [0.25, 0.3) is 0 Å². The van der Waals surface area contributed by atoms with Crippen LogP contribution in [0.3, 0.4) is 0 Å². The van der Waals surface area contributed by atoms with Gasteiger partial charge in [-0.2, -0.15) is 0 Å². The van der Waals surface area contributed by atoms with E-state index in [1.54, 1.807) is 16.7 Å². The van der Waals surface area contributed by atoms with Crippen molar-refractivity contribution in [2.45, 2.75) is 38.5 Å². The Morgan fingerprint density at radius 3 is 2.80 bits per heavy atom. The minimum absolute atomic E-state index is 0.166. The molecule has 0 saturated carbocycles. The summed E-state index contributed by atoms with van der Waals surface area (Å²) in [7, 11) is 0. The quantitative estimate of drug-likeness (QED) is 0.797. The molecule has 0 aliphatic carbocycles. The minimum Gasteiger partial charge on any atom is -0.391 e. The number of rotatable bonds is 3. The minimum atomic E-state index is -0.341. The van der Waals surface area contributed by atoms with E-state index in [0.29, 0.717) is 23.5 Å². The topological polar surface area (TPSA) is 40.5 Å². The highest BCUT2D eigenvalue weighted by Crippen LogP contribution is 2.18. The molecular formula is C11H21NO2S. The number of hydrogen-bond acceptors (Lipinski definition) is 3. The smallest absolute Gasteiger partial charge is 0.232 e. The Kier molecular flexibility index (Phi) is 4.93. The van der Waals surface area contributed by atoms with E-state index in [1.165, 1.54) is 0 Å². The number of carbonyl (C=O) groups excluding carboxylic acids is 1. The van der Waals surface area contributed by atoms with Crippen molar-refractivity contribution >= 4 is 17.7 Å². The molecule has 0 aromatic rings. The van der Waals surface area contributed by atoms with Crippen LogP contribution in [0.15, 0.2) is 0 Å². The van der Waals surface area contributed by atoms with Crippen LogP contribution in [-0.2, 0) is 4.79 Å². The molecule has 1 aliphatic heterocycles. The van der Waals surface area contributed by atoms with Crippen LogP contribution < -0.4 is 0 Å². The summed E-state index contributed by atoms with van der Waals surface area (Å²) >= 11 is 1.66. The van der Waals surface area contributed by atoms with Gasteiger partial charge in [-0.1, -0.05) is 20.8 Å². The predicted octanol–water partition coefficient (Wildman–Crippen LogP) is 1.36. The fourth-order valence-corrected chi connectivity index (χ4v) is 2.26. The van der Waals surface area contributed by atoms with Gasteiger partial charge in [0.15, 0.2) is 0 Å². The van der Waals surface area contributed by atoms with Crippen LogP contribution in [0.2, 0.25) is 0 Å². The van der Waals surface area contributed by atoms with Crippen LogP contribution in [-0.4, -0.2) is 46.1 Å². The molecule has 15 heavy (non-hydrogen) atoms. The molecule has 1 fully saturated rings. The first-order valence-corrected chi connectivity index (χ1v) is 6.63. The molecule has 0 spiro atoms. The molecule has 3 nitrogen and oxygen atoms in total. The van der Waals surface area contributed by atoms with E-state index >= 15 is 0 Å². The Morgan fingerprint density at radius 1 is 1.60 bits per heavy atom. The lowest BCUT2D eigenvalue weighted by molar-refractivity contribution is -0.132. The molecule has 1 rings (SSSR count). The number of carbonyl (C=O) groups is 1. The number of aliphatic hydroxyl groups excluding tert-OH is 1. The Morgan fingerprint density at radius 2 is 2.27 bits per heavy atom. The van der Waals surface area contributed by atoms with Crippen LogP contribution in [0.1, 0.15) is 27.2 Å². The Labute approximate surface area is 96.2 Å². The molecule has 4 heteroatoms. The largest absolute Gasteiger partial charge is 0.391 e. The third kappa shape index (κ3) is 4.03. The highest BCUT2D eigenvalue weighted by atomic mass is 32.2. The van der Waals surface area contributed by atoms with Crippen molar-refractivity contribution in [3.05, 3.63) is 0 Å². The zero-order valence-electron chi connectivity index (χ0n) is 9.77. The average molecular weight is 231 g/mol. The Bertz CT molecular complexity index is 221. The summed E-state index contributed by atoms with van der Waals surface area (Å²) in [6.07, 6.45) is 0.575. The predicted molar refractivity (Wildman–Crippen MR) is 64.0 cm³/mol. The van der Waals surface area contributed by atoms with E-state index in [0.717, 1.165) is 13.0 Å². The van der Waals surface area contributed by atoms with Gasteiger partial charge >= 0.3 is 0 Å². The molecular weight excluding hydrogens is 210 g/mol. The molecule has 1 amide bonds. The number of amides is 1. The summed E-state index contributed by atoms with van der Waals surface area (Å²) in [5.74, 6) is 1.03. The Balaban J connectivity index is 2.34. The van der Waals surface area contributed by atoms with Gasteiger partial charge in [0.25, 0.3) is 0 Å². The van der Waals surface area contributed by atoms with Gasteiger partial charge in [-0.3, -0.25) is 4.79 Å². The van der Waals surface area contributed by atoms with Crippen molar-refractivity contribution < 1.29 is 9.90 Å². The molecule has 0 radical (unpaired) electrons. The number of β-amino-alcohol motifs (C(OH)–C–C–N with tert-alkyl or cyclic N) is 1. The average Bonchev–Trinajstić information content (AvgIpc) is 2.18. The molecule has 1 aliphatic rings. The monoisotopic (exact) mass is 231 g/mol. The maximum absolute atomic E-state index is 11.7. The second-order valence-corrected chi connectivity index (χ2v) is 6.10. The molecule has 88 valence electrons. The molecule has 0 aromatic heterocycles. The van der Waals surface area contributed by atoms with Gasteiger partial charge in [0.1, 0.15) is 0 Å². The van der Waals surface area contributed by atoms with Crippen molar-refractivity contribution in [2.24, 2.45) is 5.92 Å². The fourth-order valence-electron chi connectivity index (χ4n) is 1.60. The summed E-state index contributed by atoms with van der Waals surface area (Å²) in [4.78, 5) is 13.5. The van der Waals surface area contributed by atoms with E-state index in [-0.39, 0.29) is 12.0 Å². The molecule has 1 saturated heterocycles. The Hall–Kier alpha value is -0.220. The first-order chi connectivity index (χ1) is 7.00. The number of aliphatic hydroxyl groups is 1. The lowest BCUT2D eigenvalue weighted by atomic mass is 9.96. The normalized spacial score (nSPS) is 27.1. The van der Waals surface area contributed by atoms with E-state index in [9.17, 15) is 9.90 Å². The number of hydrogen-bond donors (Lipinski definition) is 1. The van der Waals surface area contributed by atoms with Gasteiger partial charge in [-0.25, -0.2) is 0 Å². The van der Waals surface area contributed by atoms with Gasteiger partial charge in [-0.15, -0.1) is 11.8 Å². The maximum atomic E-state index is 11.7. The van der Waals surface area contributed by atoms with Crippen molar-refractivity contribution in [3.63, 3.8) is 0 Å². The maximum Gasteiger partial charge on any atom is 0.232 e. The highest BCUT2D eigenvalue weighted by molar-refractivity contribution is 8.00. The first-order valence-electron chi connectivity index (χ1n) is 5.58. The summed E-state index contributed by atoms with van der Waals surface area (Å²) in [5.41, 5.74) is 0. The lowest BCUT2D eigenvalue weighted by Gasteiger charge is -2.34. The number of thioether (sulfide) groups is 1. The van der Waals surface area contributed by atoms with E-state index in [2.05, 4.69) is 13.8 Å². The van der Waals surface area contributed by atoms with Crippen molar-refractivity contribution in [2.75, 3.05) is 18.8 Å². The van der Waals surface area contributed by atoms with Crippen molar-refractivity contribution in [1.29, 1.82) is 0 Å². The first kappa shape index (κ1) is 12.8. The number of likely N-dealkylation sites (tertiary alicyclic amines) is 1. The van der Waals surface area contributed by atoms with Crippen LogP contribution in [0.5, 0.6) is 0 Å². The fraction of sp³-hybridized carbons (Fsp3) is 0.909. The number of nitrogens with zero attached hydrogens (tertiary/aromatic N) is 1. The van der Waals surface area contributed by atoms with Crippen molar-refractivity contribution in [1.82, 2.24) is 4.90 Å². The third-order valence-corrected chi connectivity index (χ3v) is 3.89. The van der Waals surface area contributed by atoms with E-state index in [1.807, 2.05) is 6.92 Å². The van der Waals surface area contributed by atoms with Gasteiger partial charge in [0, 0.05) is 13.1 Å². The van der Waals surface area contributed by atoms with Gasteiger partial charge < -0.3 is 10.0 Å². The molecule has 2 unspecified atom stereocenters. The van der Waals surface area contributed by atoms with Crippen LogP contribution in [0, 0.1) is 5.92 Å². The van der Waals surface area contributed by atoms with Gasteiger partial charge in [-0.05, 0) is 17.6 Å². The van der Waals surface area contributed by atoms with Gasteiger partial charge in [0.2, 0.25) is 5.91 Å². The number of piperidine rings is 1. The SMILES string of the molecule is CC(C)SCC(=O)N1CCC(C)C(O)C1. The van der Waals surface area contributed by atoms with Crippen molar-refractivity contribution in [3.8, 4) is 0 Å². The third-order valence-electron chi connectivity index (χ3n) is 2.81. The molecule has 1 heterocycles. The van der Waals surface area contributed by atoms with Crippen LogP contribution in [0.4, 0.5) is 0 Å². The zero-order valence-corrected chi connectivity index (χ0v) is 10.6. The summed E-state index contributed by atoms with van der Waals surface area (Å²) in [5, 5.41) is 10.2. The summed E-state index contributed by atoms with van der Waals surface area (Å²) in [6.45, 7) is 7.53. The van der Waals surface area contributed by atoms with Gasteiger partial charge in [0.05, 0.1) is 11.9 Å². The van der Waals surface area contributed by atoms with E-state index < -0.39 is 0 Å². The highest BCUT2D eigenvalue weighted by Gasteiger charge is 2.26. The lowest BCUT2D eigenvalue weighted by Crippen LogP contribution is -2.46. The second kappa shape index (κ2) is 5.75. The summed E-state index contributed by atoms with van der Waals surface area (Å²) in [6, 6.07) is 0. The zero-order chi connectivity index (χ0) is 11.4.